The maximum Gasteiger partial charge on any atom is 0.0705 e. The Balaban J connectivity index is 2.44. The van der Waals surface area contributed by atoms with Crippen molar-refractivity contribution in [3.63, 3.8) is 0 Å². The van der Waals surface area contributed by atoms with Gasteiger partial charge in [-0.05, 0) is 17.7 Å². The Hall–Kier alpha value is -1.41. The summed E-state index contributed by atoms with van der Waals surface area (Å²) in [4.78, 5) is 4.38. The van der Waals surface area contributed by atoms with Crippen LogP contribution in [-0.4, -0.2) is 10.3 Å². The van der Waals surface area contributed by atoms with E-state index in [-0.39, 0.29) is 0 Å². The SMILES string of the molecule is BrCC=C(c1ccccc1)c1ccccn1. The summed E-state index contributed by atoms with van der Waals surface area (Å²) in [7, 11) is 0. The average molecular weight is 274 g/mol. The first-order valence-electron chi connectivity index (χ1n) is 5.15. The second kappa shape index (κ2) is 5.61. The molecule has 1 aromatic carbocycles. The first-order chi connectivity index (χ1) is 7.92. The zero-order chi connectivity index (χ0) is 11.2. The van der Waals surface area contributed by atoms with Gasteiger partial charge in [0.2, 0.25) is 0 Å². The van der Waals surface area contributed by atoms with Gasteiger partial charge in [0, 0.05) is 17.1 Å². The molecule has 0 unspecified atom stereocenters. The lowest BCUT2D eigenvalue weighted by Gasteiger charge is -2.06. The molecular weight excluding hydrogens is 262 g/mol. The lowest BCUT2D eigenvalue weighted by molar-refractivity contribution is 1.27. The molecule has 1 aromatic heterocycles. The van der Waals surface area contributed by atoms with Crippen molar-refractivity contribution < 1.29 is 0 Å². The van der Waals surface area contributed by atoms with Crippen molar-refractivity contribution in [3.05, 3.63) is 72.1 Å². The molecule has 16 heavy (non-hydrogen) atoms. The minimum atomic E-state index is 0.827. The van der Waals surface area contributed by atoms with Crippen LogP contribution in [0.25, 0.3) is 5.57 Å². The average Bonchev–Trinajstić information content (AvgIpc) is 2.38. The lowest BCUT2D eigenvalue weighted by Crippen LogP contribution is -1.91. The molecule has 1 heterocycles. The van der Waals surface area contributed by atoms with Crippen LogP contribution in [0.3, 0.4) is 0 Å². The zero-order valence-electron chi connectivity index (χ0n) is 8.81. The number of hydrogen-bond donors (Lipinski definition) is 0. The molecule has 80 valence electrons. The van der Waals surface area contributed by atoms with Crippen LogP contribution in [0.15, 0.2) is 60.8 Å². The maximum atomic E-state index is 4.38. The second-order valence-corrected chi connectivity index (χ2v) is 4.00. The molecule has 0 aliphatic carbocycles. The molecule has 2 aromatic rings. The quantitative estimate of drug-likeness (QED) is 0.773. The Kier molecular flexibility index (Phi) is 3.89. The molecule has 0 aliphatic heterocycles. The van der Waals surface area contributed by atoms with Crippen molar-refractivity contribution in [1.82, 2.24) is 4.98 Å². The van der Waals surface area contributed by atoms with E-state index in [2.05, 4.69) is 39.1 Å². The summed E-state index contributed by atoms with van der Waals surface area (Å²) in [5, 5.41) is 0.827. The summed E-state index contributed by atoms with van der Waals surface area (Å²) in [6.45, 7) is 0. The third kappa shape index (κ3) is 2.58. The van der Waals surface area contributed by atoms with Crippen molar-refractivity contribution in [2.75, 3.05) is 5.33 Å². The highest BCUT2D eigenvalue weighted by Crippen LogP contribution is 2.21. The first kappa shape index (κ1) is 11.1. The van der Waals surface area contributed by atoms with Gasteiger partial charge >= 0.3 is 0 Å². The Morgan fingerprint density at radius 2 is 1.81 bits per heavy atom. The number of benzene rings is 1. The zero-order valence-corrected chi connectivity index (χ0v) is 10.4. The molecule has 0 saturated heterocycles. The van der Waals surface area contributed by atoms with Crippen molar-refractivity contribution in [3.8, 4) is 0 Å². The number of nitrogens with zero attached hydrogens (tertiary/aromatic N) is 1. The fraction of sp³-hybridized carbons (Fsp3) is 0.0714. The van der Waals surface area contributed by atoms with Gasteiger partial charge in [0.05, 0.1) is 5.69 Å². The highest BCUT2D eigenvalue weighted by Gasteiger charge is 2.04. The van der Waals surface area contributed by atoms with E-state index >= 15 is 0 Å². The van der Waals surface area contributed by atoms with E-state index < -0.39 is 0 Å². The van der Waals surface area contributed by atoms with Crippen LogP contribution in [0.5, 0.6) is 0 Å². The van der Waals surface area contributed by atoms with Crippen molar-refractivity contribution in [1.29, 1.82) is 0 Å². The van der Waals surface area contributed by atoms with E-state index in [1.165, 1.54) is 5.56 Å². The van der Waals surface area contributed by atoms with Crippen LogP contribution in [0.2, 0.25) is 0 Å². The third-order valence-corrected chi connectivity index (χ3v) is 2.63. The van der Waals surface area contributed by atoms with Crippen molar-refractivity contribution >= 4 is 21.5 Å². The van der Waals surface area contributed by atoms with E-state index in [1.54, 1.807) is 0 Å². The van der Waals surface area contributed by atoms with Gasteiger partial charge in [0.25, 0.3) is 0 Å². The number of halogens is 1. The number of aromatic nitrogens is 1. The van der Waals surface area contributed by atoms with Crippen LogP contribution in [0.1, 0.15) is 11.3 Å². The molecule has 0 N–H and O–H groups in total. The van der Waals surface area contributed by atoms with Gasteiger partial charge in [-0.1, -0.05) is 58.4 Å². The summed E-state index contributed by atoms with van der Waals surface area (Å²) in [5.41, 5.74) is 3.37. The number of rotatable bonds is 3. The van der Waals surface area contributed by atoms with Gasteiger partial charge in [-0.2, -0.15) is 0 Å². The molecule has 1 nitrogen and oxygen atoms in total. The molecule has 2 rings (SSSR count). The highest BCUT2D eigenvalue weighted by atomic mass is 79.9. The lowest BCUT2D eigenvalue weighted by atomic mass is 10.0. The minimum absolute atomic E-state index is 0.827. The number of allylic oxidation sites excluding steroid dienone is 1. The molecule has 0 amide bonds. The van der Waals surface area contributed by atoms with Crippen LogP contribution < -0.4 is 0 Å². The summed E-state index contributed by atoms with van der Waals surface area (Å²) in [6, 6.07) is 16.3. The van der Waals surface area contributed by atoms with Crippen LogP contribution in [-0.2, 0) is 0 Å². The Morgan fingerprint density at radius 3 is 2.44 bits per heavy atom. The van der Waals surface area contributed by atoms with E-state index in [4.69, 9.17) is 0 Å². The summed E-state index contributed by atoms with van der Waals surface area (Å²) in [6.07, 6.45) is 3.96. The van der Waals surface area contributed by atoms with Crippen LogP contribution in [0.4, 0.5) is 0 Å². The predicted octanol–water partition coefficient (Wildman–Crippen LogP) is 3.91. The monoisotopic (exact) mass is 273 g/mol. The fourth-order valence-corrected chi connectivity index (χ4v) is 1.91. The van der Waals surface area contributed by atoms with Gasteiger partial charge in [-0.15, -0.1) is 0 Å². The summed E-state index contributed by atoms with van der Waals surface area (Å²) >= 11 is 3.44. The van der Waals surface area contributed by atoms with E-state index in [0.29, 0.717) is 0 Å². The van der Waals surface area contributed by atoms with Gasteiger partial charge in [0.15, 0.2) is 0 Å². The second-order valence-electron chi connectivity index (χ2n) is 3.35. The Bertz CT molecular complexity index is 421. The first-order valence-corrected chi connectivity index (χ1v) is 6.27. The van der Waals surface area contributed by atoms with E-state index in [0.717, 1.165) is 16.6 Å². The topological polar surface area (TPSA) is 12.9 Å². The highest BCUT2D eigenvalue weighted by molar-refractivity contribution is 9.09. The number of pyridine rings is 1. The standard InChI is InChI=1S/C14H12BrN/c15-10-9-13(12-6-2-1-3-7-12)14-8-4-5-11-16-14/h1-9,11H,10H2. The van der Waals surface area contributed by atoms with Gasteiger partial charge in [0.1, 0.15) is 0 Å². The molecule has 0 aliphatic rings. The van der Waals surface area contributed by atoms with Gasteiger partial charge < -0.3 is 0 Å². The van der Waals surface area contributed by atoms with E-state index in [9.17, 15) is 0 Å². The largest absolute Gasteiger partial charge is 0.256 e. The molecule has 0 atom stereocenters. The Labute approximate surface area is 104 Å². The molecule has 0 radical (unpaired) electrons. The molecule has 0 fully saturated rings. The smallest absolute Gasteiger partial charge is 0.0705 e. The summed E-state index contributed by atoms with van der Waals surface area (Å²) in [5.74, 6) is 0. The Morgan fingerprint density at radius 1 is 1.06 bits per heavy atom. The summed E-state index contributed by atoms with van der Waals surface area (Å²) < 4.78 is 0. The molecule has 2 heteroatoms. The fourth-order valence-electron chi connectivity index (χ4n) is 1.59. The van der Waals surface area contributed by atoms with Gasteiger partial charge in [-0.3, -0.25) is 4.98 Å². The van der Waals surface area contributed by atoms with Crippen LogP contribution >= 0.6 is 15.9 Å². The minimum Gasteiger partial charge on any atom is -0.256 e. The molecule has 0 saturated carbocycles. The third-order valence-electron chi connectivity index (χ3n) is 2.31. The van der Waals surface area contributed by atoms with Crippen LogP contribution in [0, 0.1) is 0 Å². The number of alkyl halides is 1. The molecule has 0 bridgehead atoms. The predicted molar refractivity (Wildman–Crippen MR) is 71.6 cm³/mol. The van der Waals surface area contributed by atoms with Crippen molar-refractivity contribution in [2.24, 2.45) is 0 Å². The number of hydrogen-bond acceptors (Lipinski definition) is 1. The van der Waals surface area contributed by atoms with Crippen molar-refractivity contribution in [2.45, 2.75) is 0 Å². The van der Waals surface area contributed by atoms with E-state index in [1.807, 2.05) is 42.6 Å². The molecule has 0 spiro atoms. The van der Waals surface area contributed by atoms with Gasteiger partial charge in [-0.25, -0.2) is 0 Å². The molecular formula is C14H12BrN. The normalized spacial score (nSPS) is 11.4. The maximum absolute atomic E-state index is 4.38.